The maximum absolute atomic E-state index is 6.01. The van der Waals surface area contributed by atoms with E-state index in [0.717, 1.165) is 5.92 Å². The third-order valence-electron chi connectivity index (χ3n) is 2.38. The van der Waals surface area contributed by atoms with Crippen LogP contribution < -0.4 is 0 Å². The van der Waals surface area contributed by atoms with Crippen LogP contribution in [-0.4, -0.2) is 8.32 Å². The first-order valence-corrected chi connectivity index (χ1v) is 8.82. The largest absolute Gasteiger partial charge is 0.548 e. The summed E-state index contributed by atoms with van der Waals surface area (Å²) < 4.78 is 6.01. The molecule has 0 amide bonds. The minimum atomic E-state index is -1.36. The van der Waals surface area contributed by atoms with Crippen LogP contribution in [0.3, 0.4) is 0 Å². The van der Waals surface area contributed by atoms with E-state index >= 15 is 0 Å². The number of hydrogen-bond donors (Lipinski definition) is 0. The molecule has 1 aliphatic carbocycles. The zero-order valence-electron chi connectivity index (χ0n) is 9.39. The van der Waals surface area contributed by atoms with Crippen LogP contribution in [0.5, 0.6) is 0 Å². The Hall–Kier alpha value is -0.243. The normalized spacial score (nSPS) is 24.0. The molecule has 0 aromatic rings. The second-order valence-corrected chi connectivity index (χ2v) is 9.34. The molecule has 1 atom stereocenters. The van der Waals surface area contributed by atoms with E-state index in [2.05, 4.69) is 32.6 Å². The zero-order valence-corrected chi connectivity index (χ0v) is 10.4. The summed E-state index contributed by atoms with van der Waals surface area (Å²) in [5.74, 6) is 2.05. The van der Waals surface area contributed by atoms with E-state index in [1.54, 1.807) is 0 Å². The summed E-state index contributed by atoms with van der Waals surface area (Å²) in [5, 5.41) is 0. The van der Waals surface area contributed by atoms with Gasteiger partial charge in [-0.25, -0.2) is 0 Å². The smallest absolute Gasteiger partial charge is 0.241 e. The molecule has 1 nitrogen and oxygen atoms in total. The molecule has 0 N–H and O–H groups in total. The lowest BCUT2D eigenvalue weighted by molar-refractivity contribution is 0.355. The van der Waals surface area contributed by atoms with Gasteiger partial charge in [0.05, 0.1) is 5.76 Å². The van der Waals surface area contributed by atoms with Gasteiger partial charge in [0.25, 0.3) is 0 Å². The molecule has 0 saturated carbocycles. The first-order valence-electron chi connectivity index (χ1n) is 5.41. The highest BCUT2D eigenvalue weighted by Gasteiger charge is 2.20. The summed E-state index contributed by atoms with van der Waals surface area (Å²) in [6, 6.07) is 0. The predicted octanol–water partition coefficient (Wildman–Crippen LogP) is 3.93. The van der Waals surface area contributed by atoms with E-state index in [9.17, 15) is 0 Å². The summed E-state index contributed by atoms with van der Waals surface area (Å²) >= 11 is 0. The van der Waals surface area contributed by atoms with E-state index in [4.69, 9.17) is 4.43 Å². The van der Waals surface area contributed by atoms with Gasteiger partial charge in [-0.1, -0.05) is 6.92 Å². The molecule has 13 heavy (non-hydrogen) atoms. The topological polar surface area (TPSA) is 9.23 Å². The van der Waals surface area contributed by atoms with Crippen molar-refractivity contribution >= 4 is 8.32 Å². The molecule has 1 rings (SSSR count). The van der Waals surface area contributed by atoms with E-state index in [1.165, 1.54) is 31.4 Å². The minimum Gasteiger partial charge on any atom is -0.548 e. The lowest BCUT2D eigenvalue weighted by atomic mass is 9.93. The van der Waals surface area contributed by atoms with E-state index in [1.807, 2.05) is 0 Å². The fraction of sp³-hybridized carbons (Fsp3) is 0.818. The Morgan fingerprint density at radius 3 is 2.69 bits per heavy atom. The quantitative estimate of drug-likeness (QED) is 0.624. The van der Waals surface area contributed by atoms with Gasteiger partial charge in [-0.05, 0) is 50.9 Å². The van der Waals surface area contributed by atoms with Gasteiger partial charge in [-0.2, -0.15) is 0 Å². The Morgan fingerprint density at radius 2 is 2.15 bits per heavy atom. The fourth-order valence-corrected chi connectivity index (χ4v) is 2.73. The number of allylic oxidation sites excluding steroid dienone is 2. The standard InChI is InChI=1S/C11H22OSi/c1-5-10-7-6-8-11(9-10)12-13(2,3)4/h9-10H,5-8H2,1-4H3/t10-/m0/s1. The molecule has 0 aliphatic heterocycles. The van der Waals surface area contributed by atoms with Gasteiger partial charge in [-0.15, -0.1) is 0 Å². The van der Waals surface area contributed by atoms with Gasteiger partial charge < -0.3 is 4.43 Å². The van der Waals surface area contributed by atoms with Crippen LogP contribution in [0.1, 0.15) is 32.6 Å². The summed E-state index contributed by atoms with van der Waals surface area (Å²) in [6.45, 7) is 9.02. The van der Waals surface area contributed by atoms with Gasteiger partial charge >= 0.3 is 0 Å². The van der Waals surface area contributed by atoms with Crippen LogP contribution in [0.25, 0.3) is 0 Å². The van der Waals surface area contributed by atoms with Crippen molar-refractivity contribution in [3.63, 3.8) is 0 Å². The Balaban J connectivity index is 2.54. The molecule has 0 fully saturated rings. The number of hydrogen-bond acceptors (Lipinski definition) is 1. The summed E-state index contributed by atoms with van der Waals surface area (Å²) in [6.07, 6.45) is 7.46. The fourth-order valence-electron chi connectivity index (χ4n) is 1.77. The summed E-state index contributed by atoms with van der Waals surface area (Å²) in [5.41, 5.74) is 0. The molecule has 0 aromatic carbocycles. The molecular weight excluding hydrogens is 176 g/mol. The average Bonchev–Trinajstić information content (AvgIpc) is 2.01. The van der Waals surface area contributed by atoms with Gasteiger partial charge in [0.1, 0.15) is 0 Å². The highest BCUT2D eigenvalue weighted by atomic mass is 28.4. The monoisotopic (exact) mass is 198 g/mol. The van der Waals surface area contributed by atoms with Gasteiger partial charge in [0, 0.05) is 6.42 Å². The first-order chi connectivity index (χ1) is 6.01. The minimum absolute atomic E-state index is 0.778. The third-order valence-corrected chi connectivity index (χ3v) is 3.26. The first kappa shape index (κ1) is 10.8. The van der Waals surface area contributed by atoms with E-state index < -0.39 is 8.32 Å². The SMILES string of the molecule is CC[C@@H]1C=C(O[Si](C)(C)C)CCC1. The predicted molar refractivity (Wildman–Crippen MR) is 60.1 cm³/mol. The lowest BCUT2D eigenvalue weighted by Gasteiger charge is -2.26. The lowest BCUT2D eigenvalue weighted by Crippen LogP contribution is -2.26. The summed E-state index contributed by atoms with van der Waals surface area (Å²) in [7, 11) is -1.36. The molecule has 1 aliphatic rings. The second-order valence-electron chi connectivity index (χ2n) is 4.91. The molecule has 0 aromatic heterocycles. The van der Waals surface area contributed by atoms with Crippen LogP contribution in [0.4, 0.5) is 0 Å². The molecular formula is C11H22OSi. The highest BCUT2D eigenvalue weighted by molar-refractivity contribution is 6.70. The van der Waals surface area contributed by atoms with Crippen molar-refractivity contribution in [1.29, 1.82) is 0 Å². The molecule has 0 unspecified atom stereocenters. The Morgan fingerprint density at radius 1 is 1.46 bits per heavy atom. The molecule has 0 heterocycles. The third kappa shape index (κ3) is 3.99. The summed E-state index contributed by atoms with van der Waals surface area (Å²) in [4.78, 5) is 0. The Bertz CT molecular complexity index is 191. The van der Waals surface area contributed by atoms with Gasteiger partial charge in [0.15, 0.2) is 0 Å². The molecule has 0 saturated heterocycles. The van der Waals surface area contributed by atoms with Crippen molar-refractivity contribution in [3.8, 4) is 0 Å². The van der Waals surface area contributed by atoms with Crippen molar-refractivity contribution in [1.82, 2.24) is 0 Å². The number of rotatable bonds is 3. The molecule has 76 valence electrons. The van der Waals surface area contributed by atoms with Crippen LogP contribution in [0.2, 0.25) is 19.6 Å². The molecule has 0 radical (unpaired) electrons. The maximum atomic E-state index is 6.01. The molecule has 0 bridgehead atoms. The van der Waals surface area contributed by atoms with Crippen LogP contribution in [-0.2, 0) is 4.43 Å². The Kier molecular flexibility index (Phi) is 3.60. The van der Waals surface area contributed by atoms with Crippen molar-refractivity contribution in [3.05, 3.63) is 11.8 Å². The van der Waals surface area contributed by atoms with Crippen molar-refractivity contribution in [2.24, 2.45) is 5.92 Å². The van der Waals surface area contributed by atoms with Crippen LogP contribution in [0, 0.1) is 5.92 Å². The highest BCUT2D eigenvalue weighted by Crippen LogP contribution is 2.27. The van der Waals surface area contributed by atoms with E-state index in [0.29, 0.717) is 0 Å². The Labute approximate surface area is 83.3 Å². The van der Waals surface area contributed by atoms with Crippen molar-refractivity contribution in [2.45, 2.75) is 52.2 Å². The zero-order chi connectivity index (χ0) is 9.90. The second kappa shape index (κ2) is 4.31. The molecule has 0 spiro atoms. The van der Waals surface area contributed by atoms with Gasteiger partial charge in [-0.3, -0.25) is 0 Å². The van der Waals surface area contributed by atoms with E-state index in [-0.39, 0.29) is 0 Å². The van der Waals surface area contributed by atoms with Crippen molar-refractivity contribution in [2.75, 3.05) is 0 Å². The molecule has 2 heteroatoms. The average molecular weight is 198 g/mol. The van der Waals surface area contributed by atoms with Crippen LogP contribution >= 0.6 is 0 Å². The van der Waals surface area contributed by atoms with Crippen molar-refractivity contribution < 1.29 is 4.43 Å². The van der Waals surface area contributed by atoms with Gasteiger partial charge in [0.2, 0.25) is 8.32 Å². The maximum Gasteiger partial charge on any atom is 0.241 e. The van der Waals surface area contributed by atoms with Crippen LogP contribution in [0.15, 0.2) is 11.8 Å².